The van der Waals surface area contributed by atoms with E-state index in [1.807, 2.05) is 0 Å². The molecule has 0 aromatic rings. The van der Waals surface area contributed by atoms with Gasteiger partial charge in [0.1, 0.15) is 0 Å². The molecule has 1 fully saturated rings. The smallest absolute Gasteiger partial charge is 0.0410 e. The number of hydrogen-bond donors (Lipinski definition) is 1. The van der Waals surface area contributed by atoms with Crippen LogP contribution in [0.15, 0.2) is 10.7 Å². The molecule has 1 saturated carbocycles. The number of hydrogen-bond acceptors (Lipinski definition) is 1. The van der Waals surface area contributed by atoms with E-state index in [1.165, 1.54) is 12.8 Å². The van der Waals surface area contributed by atoms with E-state index < -0.39 is 0 Å². The van der Waals surface area contributed by atoms with Crippen LogP contribution in [-0.2, 0) is 0 Å². The van der Waals surface area contributed by atoms with Gasteiger partial charge in [-0.2, -0.15) is 0 Å². The summed E-state index contributed by atoms with van der Waals surface area (Å²) < 4.78 is 0. The zero-order valence-corrected chi connectivity index (χ0v) is 8.70. The first-order valence-electron chi connectivity index (χ1n) is 4.57. The minimum Gasteiger partial charge on any atom is -0.401 e. The van der Waals surface area contributed by atoms with Crippen molar-refractivity contribution in [3.63, 3.8) is 0 Å². The van der Waals surface area contributed by atoms with Crippen molar-refractivity contribution >= 4 is 11.6 Å². The van der Waals surface area contributed by atoms with Gasteiger partial charge in [0.15, 0.2) is 0 Å². The highest BCUT2D eigenvalue weighted by molar-refractivity contribution is 6.30. The van der Waals surface area contributed by atoms with Crippen molar-refractivity contribution < 1.29 is 0 Å². The number of rotatable bonds is 0. The Morgan fingerprint density at radius 2 is 2.00 bits per heavy atom. The SMILES string of the molecule is CC12CCC(C(Cl)=C1N)C2(C)C. The molecule has 2 bridgehead atoms. The molecule has 68 valence electrons. The van der Waals surface area contributed by atoms with Crippen LogP contribution < -0.4 is 5.73 Å². The molecule has 0 saturated heterocycles. The average Bonchev–Trinajstić information content (AvgIpc) is 2.26. The largest absolute Gasteiger partial charge is 0.401 e. The first kappa shape index (κ1) is 8.43. The zero-order valence-electron chi connectivity index (χ0n) is 7.95. The van der Waals surface area contributed by atoms with Crippen LogP contribution >= 0.6 is 11.6 Å². The summed E-state index contributed by atoms with van der Waals surface area (Å²) >= 11 is 6.19. The van der Waals surface area contributed by atoms with E-state index in [4.69, 9.17) is 17.3 Å². The lowest BCUT2D eigenvalue weighted by molar-refractivity contribution is 0.169. The molecule has 0 radical (unpaired) electrons. The van der Waals surface area contributed by atoms with Gasteiger partial charge in [-0.25, -0.2) is 0 Å². The first-order chi connectivity index (χ1) is 5.41. The summed E-state index contributed by atoms with van der Waals surface area (Å²) in [6, 6.07) is 0. The van der Waals surface area contributed by atoms with Crippen molar-refractivity contribution in [1.29, 1.82) is 0 Å². The van der Waals surface area contributed by atoms with Gasteiger partial charge in [-0.3, -0.25) is 0 Å². The molecule has 2 unspecified atom stereocenters. The predicted octanol–water partition coefficient (Wildman–Crippen LogP) is 2.85. The molecular weight excluding hydrogens is 170 g/mol. The van der Waals surface area contributed by atoms with Crippen LogP contribution in [-0.4, -0.2) is 0 Å². The van der Waals surface area contributed by atoms with Crippen molar-refractivity contribution in [2.45, 2.75) is 33.6 Å². The number of halogens is 1. The first-order valence-corrected chi connectivity index (χ1v) is 4.94. The zero-order chi connectivity index (χ0) is 9.15. The molecule has 2 N–H and O–H groups in total. The Morgan fingerprint density at radius 1 is 1.42 bits per heavy atom. The number of allylic oxidation sites excluding steroid dienone is 2. The third kappa shape index (κ3) is 0.632. The Bertz CT molecular complexity index is 267. The monoisotopic (exact) mass is 185 g/mol. The van der Waals surface area contributed by atoms with Crippen LogP contribution in [0, 0.1) is 16.7 Å². The molecule has 0 spiro atoms. The van der Waals surface area contributed by atoms with Crippen LogP contribution in [0.2, 0.25) is 0 Å². The van der Waals surface area contributed by atoms with Gasteiger partial charge in [0, 0.05) is 22.1 Å². The highest BCUT2D eigenvalue weighted by Crippen LogP contribution is 2.67. The summed E-state index contributed by atoms with van der Waals surface area (Å²) in [7, 11) is 0. The normalized spacial score (nSPS) is 44.2. The van der Waals surface area contributed by atoms with E-state index in [0.29, 0.717) is 5.92 Å². The minimum atomic E-state index is 0.161. The molecule has 0 amide bonds. The van der Waals surface area contributed by atoms with Gasteiger partial charge in [-0.1, -0.05) is 32.4 Å². The lowest BCUT2D eigenvalue weighted by Gasteiger charge is -2.35. The van der Waals surface area contributed by atoms with Crippen molar-refractivity contribution in [3.05, 3.63) is 10.7 Å². The Morgan fingerprint density at radius 3 is 2.25 bits per heavy atom. The predicted molar refractivity (Wildman–Crippen MR) is 51.7 cm³/mol. The van der Waals surface area contributed by atoms with Crippen molar-refractivity contribution in [2.75, 3.05) is 0 Å². The average molecular weight is 186 g/mol. The molecule has 2 atom stereocenters. The third-order valence-corrected chi connectivity index (χ3v) is 4.85. The maximum absolute atomic E-state index is 6.19. The lowest BCUT2D eigenvalue weighted by Crippen LogP contribution is -2.32. The summed E-state index contributed by atoms with van der Waals surface area (Å²) in [4.78, 5) is 0. The summed E-state index contributed by atoms with van der Waals surface area (Å²) in [5.74, 6) is 0.518. The van der Waals surface area contributed by atoms with Crippen LogP contribution in [0.4, 0.5) is 0 Å². The van der Waals surface area contributed by atoms with Crippen LogP contribution in [0.5, 0.6) is 0 Å². The summed E-state index contributed by atoms with van der Waals surface area (Å²) in [5.41, 5.74) is 7.40. The van der Waals surface area contributed by atoms with Crippen LogP contribution in [0.1, 0.15) is 33.6 Å². The van der Waals surface area contributed by atoms with E-state index in [1.54, 1.807) is 0 Å². The molecule has 2 heteroatoms. The molecule has 0 aliphatic heterocycles. The second-order valence-electron chi connectivity index (χ2n) is 4.91. The standard InChI is InChI=1S/C10H16ClN/c1-9(2)6-4-5-10(9,3)8(12)7(6)11/h6H,4-5,12H2,1-3H3. The van der Waals surface area contributed by atoms with Gasteiger partial charge in [-0.05, 0) is 18.3 Å². The highest BCUT2D eigenvalue weighted by atomic mass is 35.5. The van der Waals surface area contributed by atoms with Crippen molar-refractivity contribution in [2.24, 2.45) is 22.5 Å². The molecule has 1 nitrogen and oxygen atoms in total. The Kier molecular flexibility index (Phi) is 1.41. The molecule has 2 aliphatic rings. The van der Waals surface area contributed by atoms with E-state index >= 15 is 0 Å². The van der Waals surface area contributed by atoms with Gasteiger partial charge in [0.05, 0.1) is 0 Å². The lowest BCUT2D eigenvalue weighted by atomic mass is 9.69. The van der Waals surface area contributed by atoms with E-state index in [-0.39, 0.29) is 10.8 Å². The molecule has 0 aromatic carbocycles. The fourth-order valence-electron chi connectivity index (χ4n) is 2.88. The van der Waals surface area contributed by atoms with Gasteiger partial charge < -0.3 is 5.73 Å². The maximum Gasteiger partial charge on any atom is 0.0410 e. The minimum absolute atomic E-state index is 0.161. The summed E-state index contributed by atoms with van der Waals surface area (Å²) in [6.07, 6.45) is 2.41. The fourth-order valence-corrected chi connectivity index (χ4v) is 3.47. The second kappa shape index (κ2) is 2.01. The third-order valence-electron chi connectivity index (χ3n) is 4.38. The van der Waals surface area contributed by atoms with Gasteiger partial charge in [0.25, 0.3) is 0 Å². The van der Waals surface area contributed by atoms with Crippen molar-refractivity contribution in [1.82, 2.24) is 0 Å². The second-order valence-corrected chi connectivity index (χ2v) is 5.31. The summed E-state index contributed by atoms with van der Waals surface area (Å²) in [6.45, 7) is 6.82. The fraction of sp³-hybridized carbons (Fsp3) is 0.800. The molecule has 0 heterocycles. The van der Waals surface area contributed by atoms with E-state index in [0.717, 1.165) is 10.7 Å². The maximum atomic E-state index is 6.19. The number of fused-ring (bicyclic) bond motifs is 2. The molecule has 12 heavy (non-hydrogen) atoms. The van der Waals surface area contributed by atoms with Gasteiger partial charge in [0.2, 0.25) is 0 Å². The molecule has 2 rings (SSSR count). The quantitative estimate of drug-likeness (QED) is 0.617. The molecular formula is C10H16ClN. The number of nitrogens with two attached hydrogens (primary N) is 1. The Balaban J connectivity index is 2.56. The van der Waals surface area contributed by atoms with Crippen molar-refractivity contribution in [3.8, 4) is 0 Å². The Hall–Kier alpha value is -0.170. The van der Waals surface area contributed by atoms with Crippen LogP contribution in [0.3, 0.4) is 0 Å². The molecule has 0 aromatic heterocycles. The topological polar surface area (TPSA) is 26.0 Å². The van der Waals surface area contributed by atoms with E-state index in [2.05, 4.69) is 20.8 Å². The molecule has 2 aliphatic carbocycles. The Labute approximate surface area is 79.0 Å². The van der Waals surface area contributed by atoms with Gasteiger partial charge in [-0.15, -0.1) is 0 Å². The van der Waals surface area contributed by atoms with Gasteiger partial charge >= 0.3 is 0 Å². The summed E-state index contributed by atoms with van der Waals surface area (Å²) in [5, 5.41) is 0.939. The van der Waals surface area contributed by atoms with E-state index in [9.17, 15) is 0 Å². The highest BCUT2D eigenvalue weighted by Gasteiger charge is 2.59. The van der Waals surface area contributed by atoms with Crippen LogP contribution in [0.25, 0.3) is 0 Å².